The Kier molecular flexibility index (Phi) is 3.47. The molecule has 0 radical (unpaired) electrons. The van der Waals surface area contributed by atoms with Gasteiger partial charge in [0, 0.05) is 20.1 Å². The minimum Gasteiger partial charge on any atom is -0.386 e. The van der Waals surface area contributed by atoms with E-state index in [9.17, 15) is 0 Å². The van der Waals surface area contributed by atoms with E-state index in [4.69, 9.17) is 4.74 Å². The third-order valence-electron chi connectivity index (χ3n) is 2.46. The average Bonchev–Trinajstić information content (AvgIpc) is 2.31. The highest BCUT2D eigenvalue weighted by atomic mass is 16.5. The van der Waals surface area contributed by atoms with Gasteiger partial charge in [-0.2, -0.15) is 0 Å². The SMILES string of the molecule is CNc1cnc(CN2CCOCC2)nc1. The lowest BCUT2D eigenvalue weighted by Crippen LogP contribution is -2.36. The van der Waals surface area contributed by atoms with Crippen LogP contribution in [0.5, 0.6) is 0 Å². The third-order valence-corrected chi connectivity index (χ3v) is 2.46. The van der Waals surface area contributed by atoms with Crippen molar-refractivity contribution in [2.45, 2.75) is 6.54 Å². The number of nitrogens with one attached hydrogen (secondary N) is 1. The van der Waals surface area contributed by atoms with E-state index >= 15 is 0 Å². The van der Waals surface area contributed by atoms with Crippen molar-refractivity contribution < 1.29 is 4.74 Å². The standard InChI is InChI=1S/C10H16N4O/c1-11-9-6-12-10(13-7-9)8-14-2-4-15-5-3-14/h6-7,11H,2-5,8H2,1H3. The van der Waals surface area contributed by atoms with Crippen LogP contribution in [0.3, 0.4) is 0 Å². The molecule has 0 aliphatic carbocycles. The van der Waals surface area contributed by atoms with Gasteiger partial charge in [0.2, 0.25) is 0 Å². The Hall–Kier alpha value is -1.20. The van der Waals surface area contributed by atoms with Crippen LogP contribution in [0.15, 0.2) is 12.4 Å². The molecule has 1 saturated heterocycles. The molecule has 1 N–H and O–H groups in total. The van der Waals surface area contributed by atoms with Crippen LogP contribution < -0.4 is 5.32 Å². The van der Waals surface area contributed by atoms with Gasteiger partial charge >= 0.3 is 0 Å². The monoisotopic (exact) mass is 208 g/mol. The first-order valence-electron chi connectivity index (χ1n) is 5.17. The predicted octanol–water partition coefficient (Wildman–Crippen LogP) is 0.350. The van der Waals surface area contributed by atoms with Gasteiger partial charge in [0.1, 0.15) is 5.82 Å². The molecule has 2 rings (SSSR count). The topological polar surface area (TPSA) is 50.3 Å². The lowest BCUT2D eigenvalue weighted by molar-refractivity contribution is 0.0330. The zero-order chi connectivity index (χ0) is 10.5. The molecule has 1 aliphatic rings. The van der Waals surface area contributed by atoms with Crippen LogP contribution in [-0.2, 0) is 11.3 Å². The van der Waals surface area contributed by atoms with E-state index < -0.39 is 0 Å². The summed E-state index contributed by atoms with van der Waals surface area (Å²) in [6.07, 6.45) is 3.62. The lowest BCUT2D eigenvalue weighted by atomic mass is 10.4. The Morgan fingerprint density at radius 1 is 1.33 bits per heavy atom. The van der Waals surface area contributed by atoms with Gasteiger partial charge in [-0.25, -0.2) is 9.97 Å². The molecule has 0 atom stereocenters. The van der Waals surface area contributed by atoms with E-state index in [1.165, 1.54) is 0 Å². The highest BCUT2D eigenvalue weighted by Gasteiger charge is 2.11. The highest BCUT2D eigenvalue weighted by molar-refractivity contribution is 5.36. The molecular formula is C10H16N4O. The van der Waals surface area contributed by atoms with Crippen molar-refractivity contribution in [3.8, 4) is 0 Å². The molecule has 0 aromatic carbocycles. The molecule has 0 spiro atoms. The highest BCUT2D eigenvalue weighted by Crippen LogP contribution is 2.05. The zero-order valence-corrected chi connectivity index (χ0v) is 8.94. The summed E-state index contributed by atoms with van der Waals surface area (Å²) in [6, 6.07) is 0. The van der Waals surface area contributed by atoms with Gasteiger partial charge < -0.3 is 10.1 Å². The number of nitrogens with zero attached hydrogens (tertiary/aromatic N) is 3. The molecule has 0 bridgehead atoms. The summed E-state index contributed by atoms with van der Waals surface area (Å²) in [4.78, 5) is 10.9. The van der Waals surface area contributed by atoms with Gasteiger partial charge in [0.25, 0.3) is 0 Å². The van der Waals surface area contributed by atoms with E-state index in [0.29, 0.717) is 0 Å². The molecule has 15 heavy (non-hydrogen) atoms. The summed E-state index contributed by atoms with van der Waals surface area (Å²) in [5, 5.41) is 3.00. The van der Waals surface area contributed by atoms with Gasteiger partial charge in [0.05, 0.1) is 37.8 Å². The maximum atomic E-state index is 5.28. The summed E-state index contributed by atoms with van der Waals surface area (Å²) in [7, 11) is 1.86. The molecule has 0 saturated carbocycles. The molecule has 82 valence electrons. The van der Waals surface area contributed by atoms with Crippen molar-refractivity contribution in [3.63, 3.8) is 0 Å². The van der Waals surface area contributed by atoms with Crippen molar-refractivity contribution in [1.82, 2.24) is 14.9 Å². The van der Waals surface area contributed by atoms with Gasteiger partial charge in [-0.05, 0) is 0 Å². The van der Waals surface area contributed by atoms with Crippen LogP contribution >= 0.6 is 0 Å². The second kappa shape index (κ2) is 5.04. The molecule has 2 heterocycles. The van der Waals surface area contributed by atoms with Gasteiger partial charge in [-0.3, -0.25) is 4.90 Å². The van der Waals surface area contributed by atoms with Crippen molar-refractivity contribution in [3.05, 3.63) is 18.2 Å². The first-order valence-corrected chi connectivity index (χ1v) is 5.17. The second-order valence-corrected chi connectivity index (χ2v) is 3.53. The van der Waals surface area contributed by atoms with Crippen LogP contribution in [0.1, 0.15) is 5.82 Å². The molecule has 1 aromatic rings. The Bertz CT molecular complexity index is 295. The quantitative estimate of drug-likeness (QED) is 0.776. The number of anilines is 1. The number of hydrogen-bond acceptors (Lipinski definition) is 5. The minimum absolute atomic E-state index is 0.813. The third kappa shape index (κ3) is 2.87. The van der Waals surface area contributed by atoms with Crippen molar-refractivity contribution in [1.29, 1.82) is 0 Å². The van der Waals surface area contributed by atoms with E-state index in [2.05, 4.69) is 20.2 Å². The molecule has 1 aromatic heterocycles. The summed E-state index contributed by atoms with van der Waals surface area (Å²) >= 11 is 0. The molecule has 0 amide bonds. The van der Waals surface area contributed by atoms with Gasteiger partial charge in [-0.1, -0.05) is 0 Å². The Labute approximate surface area is 89.5 Å². The van der Waals surface area contributed by atoms with Crippen LogP contribution in [-0.4, -0.2) is 48.2 Å². The molecule has 1 aliphatic heterocycles. The summed E-state index contributed by atoms with van der Waals surface area (Å²) in [5.41, 5.74) is 0.945. The van der Waals surface area contributed by atoms with E-state index in [0.717, 1.165) is 44.4 Å². The smallest absolute Gasteiger partial charge is 0.142 e. The molecule has 1 fully saturated rings. The molecule has 5 heteroatoms. The Morgan fingerprint density at radius 2 is 2.00 bits per heavy atom. The maximum absolute atomic E-state index is 5.28. The first-order chi connectivity index (χ1) is 7.38. The van der Waals surface area contributed by atoms with Crippen molar-refractivity contribution in [2.24, 2.45) is 0 Å². The van der Waals surface area contributed by atoms with Crippen LogP contribution in [0.25, 0.3) is 0 Å². The fourth-order valence-electron chi connectivity index (χ4n) is 1.52. The van der Waals surface area contributed by atoms with Crippen LogP contribution in [0.2, 0.25) is 0 Å². The van der Waals surface area contributed by atoms with E-state index in [1.807, 2.05) is 19.4 Å². The van der Waals surface area contributed by atoms with E-state index in [1.54, 1.807) is 0 Å². The van der Waals surface area contributed by atoms with Crippen molar-refractivity contribution >= 4 is 5.69 Å². The zero-order valence-electron chi connectivity index (χ0n) is 8.94. The Balaban J connectivity index is 1.91. The lowest BCUT2D eigenvalue weighted by Gasteiger charge is -2.25. The number of morpholine rings is 1. The maximum Gasteiger partial charge on any atom is 0.142 e. The van der Waals surface area contributed by atoms with Gasteiger partial charge in [0.15, 0.2) is 0 Å². The molecule has 0 unspecified atom stereocenters. The summed E-state index contributed by atoms with van der Waals surface area (Å²) in [6.45, 7) is 4.38. The molecular weight excluding hydrogens is 192 g/mol. The second-order valence-electron chi connectivity index (χ2n) is 3.53. The fraction of sp³-hybridized carbons (Fsp3) is 0.600. The van der Waals surface area contributed by atoms with Crippen LogP contribution in [0.4, 0.5) is 5.69 Å². The largest absolute Gasteiger partial charge is 0.386 e. The van der Waals surface area contributed by atoms with Crippen molar-refractivity contribution in [2.75, 3.05) is 38.7 Å². The first kappa shape index (κ1) is 10.3. The normalized spacial score (nSPS) is 17.7. The number of ether oxygens (including phenoxy) is 1. The number of aromatic nitrogens is 2. The average molecular weight is 208 g/mol. The Morgan fingerprint density at radius 3 is 2.60 bits per heavy atom. The molecule has 5 nitrogen and oxygen atoms in total. The number of hydrogen-bond donors (Lipinski definition) is 1. The van der Waals surface area contributed by atoms with Gasteiger partial charge in [-0.15, -0.1) is 0 Å². The number of rotatable bonds is 3. The predicted molar refractivity (Wildman–Crippen MR) is 57.7 cm³/mol. The summed E-state index contributed by atoms with van der Waals surface area (Å²) in [5.74, 6) is 0.871. The minimum atomic E-state index is 0.813. The summed E-state index contributed by atoms with van der Waals surface area (Å²) < 4.78 is 5.28. The fourth-order valence-corrected chi connectivity index (χ4v) is 1.52. The van der Waals surface area contributed by atoms with E-state index in [-0.39, 0.29) is 0 Å². The van der Waals surface area contributed by atoms with Crippen LogP contribution in [0, 0.1) is 0 Å².